The van der Waals surface area contributed by atoms with Crippen LogP contribution in [-0.4, -0.2) is 18.1 Å². The number of rotatable bonds is 9. The minimum absolute atomic E-state index is 0.301. The van der Waals surface area contributed by atoms with Crippen molar-refractivity contribution in [2.75, 3.05) is 13.2 Å². The second kappa shape index (κ2) is 8.74. The van der Waals surface area contributed by atoms with Crippen molar-refractivity contribution in [1.82, 2.24) is 10.3 Å². The van der Waals surface area contributed by atoms with Crippen LogP contribution in [0.2, 0.25) is 0 Å². The quantitative estimate of drug-likeness (QED) is 0.716. The Morgan fingerprint density at radius 3 is 3.00 bits per heavy atom. The largest absolute Gasteiger partial charge is 0.490 e. The average Bonchev–Trinajstić information content (AvgIpc) is 2.94. The predicted molar refractivity (Wildman–Crippen MR) is 84.3 cm³/mol. The van der Waals surface area contributed by atoms with Gasteiger partial charge in [0.1, 0.15) is 0 Å². The van der Waals surface area contributed by atoms with Crippen molar-refractivity contribution in [3.63, 3.8) is 0 Å². The molecule has 0 aliphatic heterocycles. The van der Waals surface area contributed by atoms with Gasteiger partial charge in [-0.15, -0.1) is 11.3 Å². The average molecular weight is 308 g/mol. The molecule has 0 fully saturated rings. The van der Waals surface area contributed by atoms with E-state index in [2.05, 4.69) is 22.6 Å². The van der Waals surface area contributed by atoms with Gasteiger partial charge in [0.15, 0.2) is 11.6 Å². The Balaban J connectivity index is 1.71. The summed E-state index contributed by atoms with van der Waals surface area (Å²) in [6, 6.07) is 6.46. The molecule has 21 heavy (non-hydrogen) atoms. The molecule has 114 valence electrons. The monoisotopic (exact) mass is 308 g/mol. The number of unbranched alkanes of at least 4 members (excludes halogenated alkanes) is 1. The molecular weight excluding hydrogens is 287 g/mol. The van der Waals surface area contributed by atoms with E-state index in [1.165, 1.54) is 18.9 Å². The van der Waals surface area contributed by atoms with E-state index in [1.54, 1.807) is 29.5 Å². The van der Waals surface area contributed by atoms with E-state index < -0.39 is 0 Å². The highest BCUT2D eigenvalue weighted by Crippen LogP contribution is 2.16. The molecule has 0 atom stereocenters. The summed E-state index contributed by atoms with van der Waals surface area (Å²) in [7, 11) is 0. The van der Waals surface area contributed by atoms with Crippen LogP contribution < -0.4 is 10.1 Å². The molecule has 0 radical (unpaired) electrons. The molecule has 0 saturated carbocycles. The maximum atomic E-state index is 13.4. The lowest BCUT2D eigenvalue weighted by atomic mass is 10.3. The van der Waals surface area contributed by atoms with E-state index in [1.807, 2.05) is 0 Å². The SMILES string of the molecule is CCCCNCc1csc(CCOc2ccccc2F)n1. The maximum absolute atomic E-state index is 13.4. The number of hydrogen-bond donors (Lipinski definition) is 1. The van der Waals surface area contributed by atoms with E-state index >= 15 is 0 Å². The summed E-state index contributed by atoms with van der Waals surface area (Å²) < 4.78 is 18.8. The molecule has 0 bridgehead atoms. The van der Waals surface area contributed by atoms with Gasteiger partial charge < -0.3 is 10.1 Å². The van der Waals surface area contributed by atoms with Gasteiger partial charge in [-0.3, -0.25) is 0 Å². The highest BCUT2D eigenvalue weighted by Gasteiger charge is 2.04. The van der Waals surface area contributed by atoms with E-state index in [-0.39, 0.29) is 5.82 Å². The Bertz CT molecular complexity index is 545. The van der Waals surface area contributed by atoms with Gasteiger partial charge in [-0.05, 0) is 25.1 Å². The first-order valence-corrected chi connectivity index (χ1v) is 8.19. The Morgan fingerprint density at radius 1 is 1.33 bits per heavy atom. The third-order valence-electron chi connectivity index (χ3n) is 3.02. The first-order valence-electron chi connectivity index (χ1n) is 7.31. The van der Waals surface area contributed by atoms with E-state index in [9.17, 15) is 4.39 Å². The molecule has 0 spiro atoms. The topological polar surface area (TPSA) is 34.1 Å². The van der Waals surface area contributed by atoms with Crippen molar-refractivity contribution >= 4 is 11.3 Å². The zero-order valence-electron chi connectivity index (χ0n) is 12.3. The van der Waals surface area contributed by atoms with Crippen LogP contribution in [0.1, 0.15) is 30.5 Å². The van der Waals surface area contributed by atoms with Crippen LogP contribution in [0.5, 0.6) is 5.75 Å². The molecule has 5 heteroatoms. The van der Waals surface area contributed by atoms with E-state index in [0.717, 1.165) is 23.8 Å². The lowest BCUT2D eigenvalue weighted by Gasteiger charge is -2.05. The van der Waals surface area contributed by atoms with Crippen LogP contribution in [0.25, 0.3) is 0 Å². The van der Waals surface area contributed by atoms with Crippen LogP contribution in [0.4, 0.5) is 4.39 Å². The molecule has 0 amide bonds. The van der Waals surface area contributed by atoms with Crippen LogP contribution in [-0.2, 0) is 13.0 Å². The Kier molecular flexibility index (Phi) is 6.63. The Morgan fingerprint density at radius 2 is 2.19 bits per heavy atom. The zero-order valence-corrected chi connectivity index (χ0v) is 13.1. The molecule has 0 unspecified atom stereocenters. The number of thiazole rings is 1. The van der Waals surface area contributed by atoms with Crippen molar-refractivity contribution in [2.45, 2.75) is 32.7 Å². The molecule has 0 aliphatic carbocycles. The van der Waals surface area contributed by atoms with Gasteiger partial charge in [0.25, 0.3) is 0 Å². The van der Waals surface area contributed by atoms with Gasteiger partial charge in [-0.25, -0.2) is 9.37 Å². The summed E-state index contributed by atoms with van der Waals surface area (Å²) >= 11 is 1.63. The number of nitrogens with one attached hydrogen (secondary N) is 1. The fourth-order valence-electron chi connectivity index (χ4n) is 1.87. The predicted octanol–water partition coefficient (Wildman–Crippen LogP) is 3.79. The summed E-state index contributed by atoms with van der Waals surface area (Å²) in [6.45, 7) is 4.46. The normalized spacial score (nSPS) is 10.8. The highest BCUT2D eigenvalue weighted by atomic mass is 32.1. The number of ether oxygens (including phenoxy) is 1. The standard InChI is InChI=1S/C16H21FN2OS/c1-2-3-9-18-11-13-12-21-16(19-13)8-10-20-15-7-5-4-6-14(15)17/h4-7,12,18H,2-3,8-11H2,1H3. The number of nitrogens with zero attached hydrogens (tertiary/aromatic N) is 1. The highest BCUT2D eigenvalue weighted by molar-refractivity contribution is 7.09. The summed E-state index contributed by atoms with van der Waals surface area (Å²) in [5.41, 5.74) is 1.07. The molecular formula is C16H21FN2OS. The first-order chi connectivity index (χ1) is 10.3. The lowest BCUT2D eigenvalue weighted by molar-refractivity contribution is 0.305. The third kappa shape index (κ3) is 5.44. The molecule has 0 saturated heterocycles. The lowest BCUT2D eigenvalue weighted by Crippen LogP contribution is -2.14. The Hall–Kier alpha value is -1.46. The number of halogens is 1. The van der Waals surface area contributed by atoms with Crippen LogP contribution in [0.3, 0.4) is 0 Å². The van der Waals surface area contributed by atoms with Gasteiger partial charge in [-0.1, -0.05) is 25.5 Å². The molecule has 2 rings (SSSR count). The molecule has 3 nitrogen and oxygen atoms in total. The Labute approximate surface area is 129 Å². The van der Waals surface area contributed by atoms with Crippen molar-refractivity contribution < 1.29 is 9.13 Å². The first kappa shape index (κ1) is 15.9. The summed E-state index contributed by atoms with van der Waals surface area (Å²) in [5.74, 6) is -0.0204. The maximum Gasteiger partial charge on any atom is 0.165 e. The van der Waals surface area contributed by atoms with Gasteiger partial charge in [0.2, 0.25) is 0 Å². The van der Waals surface area contributed by atoms with Crippen LogP contribution in [0.15, 0.2) is 29.6 Å². The van der Waals surface area contributed by atoms with Crippen LogP contribution in [0, 0.1) is 5.82 Å². The van der Waals surface area contributed by atoms with Gasteiger partial charge in [0.05, 0.1) is 17.3 Å². The number of para-hydroxylation sites is 1. The summed E-state index contributed by atoms with van der Waals surface area (Å²) in [4.78, 5) is 4.54. The second-order valence-electron chi connectivity index (χ2n) is 4.79. The molecule has 1 heterocycles. The third-order valence-corrected chi connectivity index (χ3v) is 3.98. The minimum atomic E-state index is -0.322. The molecule has 1 aromatic carbocycles. The van der Waals surface area contributed by atoms with Crippen LogP contribution >= 0.6 is 11.3 Å². The number of benzene rings is 1. The molecule has 0 aliphatic rings. The van der Waals surface area contributed by atoms with Crippen molar-refractivity contribution in [1.29, 1.82) is 0 Å². The fourth-order valence-corrected chi connectivity index (χ4v) is 2.65. The van der Waals surface area contributed by atoms with Crippen molar-refractivity contribution in [3.8, 4) is 5.75 Å². The smallest absolute Gasteiger partial charge is 0.165 e. The molecule has 2 aromatic rings. The van der Waals surface area contributed by atoms with Crippen molar-refractivity contribution in [3.05, 3.63) is 46.2 Å². The van der Waals surface area contributed by atoms with Gasteiger partial charge >= 0.3 is 0 Å². The van der Waals surface area contributed by atoms with Crippen molar-refractivity contribution in [2.24, 2.45) is 0 Å². The number of hydrogen-bond acceptors (Lipinski definition) is 4. The minimum Gasteiger partial charge on any atom is -0.490 e. The zero-order chi connectivity index (χ0) is 14.9. The number of aromatic nitrogens is 1. The van der Waals surface area contributed by atoms with Gasteiger partial charge in [0, 0.05) is 18.3 Å². The molecule has 1 N–H and O–H groups in total. The second-order valence-corrected chi connectivity index (χ2v) is 5.73. The summed E-state index contributed by atoms with van der Waals surface area (Å²) in [5, 5.41) is 6.46. The fraction of sp³-hybridized carbons (Fsp3) is 0.438. The van der Waals surface area contributed by atoms with Gasteiger partial charge in [-0.2, -0.15) is 0 Å². The van der Waals surface area contributed by atoms with E-state index in [0.29, 0.717) is 18.8 Å². The molecule has 1 aromatic heterocycles. The summed E-state index contributed by atoms with van der Waals surface area (Å²) in [6.07, 6.45) is 3.09. The van der Waals surface area contributed by atoms with E-state index in [4.69, 9.17) is 4.74 Å².